The zero-order chi connectivity index (χ0) is 4.99. The van der Waals surface area contributed by atoms with E-state index in [1.54, 1.807) is 5.92 Å². The molecule has 0 aromatic carbocycles. The first-order valence-corrected chi connectivity index (χ1v) is 1.91. The Hall–Kier alpha value is -0.490. The SMILES string of the molecule is O=C(O)C#CBr. The molecule has 0 aromatic rings. The zero-order valence-corrected chi connectivity index (χ0v) is 4.32. The van der Waals surface area contributed by atoms with Crippen LogP contribution in [0.4, 0.5) is 0 Å². The van der Waals surface area contributed by atoms with Crippen LogP contribution in [0.5, 0.6) is 0 Å². The van der Waals surface area contributed by atoms with Crippen molar-refractivity contribution in [1.82, 2.24) is 0 Å². The van der Waals surface area contributed by atoms with E-state index in [1.165, 1.54) is 0 Å². The summed E-state index contributed by atoms with van der Waals surface area (Å²) in [4.78, 5) is 11.4. The first kappa shape index (κ1) is 5.51. The number of hydrogen-bond acceptors (Lipinski definition) is 1. The molecule has 6 heavy (non-hydrogen) atoms. The molecule has 0 heterocycles. The Balaban J connectivity index is 3.50. The average molecular weight is 149 g/mol. The lowest BCUT2D eigenvalue weighted by molar-refractivity contribution is -0.130. The van der Waals surface area contributed by atoms with Gasteiger partial charge in [0.25, 0.3) is 0 Å². The van der Waals surface area contributed by atoms with Gasteiger partial charge in [-0.15, -0.1) is 0 Å². The van der Waals surface area contributed by atoms with Gasteiger partial charge in [-0.25, -0.2) is 4.79 Å². The van der Waals surface area contributed by atoms with Gasteiger partial charge in [-0.3, -0.25) is 0 Å². The van der Waals surface area contributed by atoms with E-state index >= 15 is 0 Å². The predicted molar refractivity (Wildman–Crippen MR) is 24.3 cm³/mol. The molecule has 3 heteroatoms. The summed E-state index contributed by atoms with van der Waals surface area (Å²) in [7, 11) is 0. The van der Waals surface area contributed by atoms with Crippen LogP contribution in [-0.4, -0.2) is 11.1 Å². The van der Waals surface area contributed by atoms with Crippen LogP contribution in [0.3, 0.4) is 0 Å². The summed E-state index contributed by atoms with van der Waals surface area (Å²) in [6.45, 7) is 0. The minimum atomic E-state index is -1.12. The molecule has 0 saturated heterocycles. The Bertz CT molecular complexity index is 108. The van der Waals surface area contributed by atoms with Gasteiger partial charge in [-0.2, -0.15) is 0 Å². The van der Waals surface area contributed by atoms with Crippen molar-refractivity contribution in [2.75, 3.05) is 0 Å². The zero-order valence-electron chi connectivity index (χ0n) is 2.73. The normalized spacial score (nSPS) is 5.50. The van der Waals surface area contributed by atoms with Crippen LogP contribution in [0.15, 0.2) is 0 Å². The molecule has 0 radical (unpaired) electrons. The van der Waals surface area contributed by atoms with E-state index in [2.05, 4.69) is 15.9 Å². The van der Waals surface area contributed by atoms with E-state index < -0.39 is 5.97 Å². The van der Waals surface area contributed by atoms with Gasteiger partial charge >= 0.3 is 5.97 Å². The molecule has 0 fully saturated rings. The summed E-state index contributed by atoms with van der Waals surface area (Å²) in [6, 6.07) is 0. The van der Waals surface area contributed by atoms with E-state index in [0.717, 1.165) is 0 Å². The largest absolute Gasteiger partial charge is 0.472 e. The summed E-state index contributed by atoms with van der Waals surface area (Å²) in [6.07, 6.45) is 0. The van der Waals surface area contributed by atoms with Crippen molar-refractivity contribution in [3.05, 3.63) is 0 Å². The van der Waals surface area contributed by atoms with Gasteiger partial charge in [0.15, 0.2) is 0 Å². The third-order valence-electron chi connectivity index (χ3n) is 0.154. The summed E-state index contributed by atoms with van der Waals surface area (Å²) in [5.74, 6) is 0.673. The Kier molecular flexibility index (Phi) is 2.51. The molecule has 0 aliphatic carbocycles. The second-order valence-electron chi connectivity index (χ2n) is 0.525. The maximum Gasteiger partial charge on any atom is 0.382 e. The molecule has 0 unspecified atom stereocenters. The highest BCUT2D eigenvalue weighted by Crippen LogP contribution is 1.66. The van der Waals surface area contributed by atoms with E-state index in [9.17, 15) is 4.79 Å². The summed E-state index contributed by atoms with van der Waals surface area (Å²) >= 11 is 2.61. The van der Waals surface area contributed by atoms with Gasteiger partial charge in [0.2, 0.25) is 0 Å². The Labute approximate surface area is 43.3 Å². The monoisotopic (exact) mass is 148 g/mol. The van der Waals surface area contributed by atoms with E-state index in [0.29, 0.717) is 0 Å². The molecule has 1 N–H and O–H groups in total. The summed E-state index contributed by atoms with van der Waals surface area (Å²) in [5, 5.41) is 7.71. The highest BCUT2D eigenvalue weighted by Gasteiger charge is 1.77. The molecule has 0 saturated carbocycles. The van der Waals surface area contributed by atoms with Gasteiger partial charge in [0, 0.05) is 21.9 Å². The maximum atomic E-state index is 9.40. The van der Waals surface area contributed by atoms with Crippen LogP contribution in [0.25, 0.3) is 0 Å². The minimum absolute atomic E-state index is 1.12. The van der Waals surface area contributed by atoms with Gasteiger partial charge in [-0.1, -0.05) is 0 Å². The van der Waals surface area contributed by atoms with Gasteiger partial charge in [0.05, 0.1) is 0 Å². The lowest BCUT2D eigenvalue weighted by Gasteiger charge is -1.62. The average Bonchev–Trinajstić information content (AvgIpc) is 1.35. The van der Waals surface area contributed by atoms with Crippen molar-refractivity contribution >= 4 is 21.9 Å². The topological polar surface area (TPSA) is 37.3 Å². The molecule has 0 rings (SSSR count). The number of carbonyl (C=O) groups is 1. The first-order valence-electron chi connectivity index (χ1n) is 1.12. The van der Waals surface area contributed by atoms with Crippen molar-refractivity contribution in [2.45, 2.75) is 0 Å². The van der Waals surface area contributed by atoms with Gasteiger partial charge in [0.1, 0.15) is 0 Å². The smallest absolute Gasteiger partial charge is 0.382 e. The van der Waals surface area contributed by atoms with Crippen LogP contribution < -0.4 is 0 Å². The molecular formula is C3HBrO2. The Morgan fingerprint density at radius 1 is 1.83 bits per heavy atom. The van der Waals surface area contributed by atoms with Crippen molar-refractivity contribution in [2.24, 2.45) is 0 Å². The number of carboxylic acid groups (broad SMARTS) is 1. The summed E-state index contributed by atoms with van der Waals surface area (Å²) < 4.78 is 0. The Morgan fingerprint density at radius 3 is 2.33 bits per heavy atom. The lowest BCUT2D eigenvalue weighted by Crippen LogP contribution is -1.84. The third kappa shape index (κ3) is 3.51. The quantitative estimate of drug-likeness (QED) is 0.507. The third-order valence-corrected chi connectivity index (χ3v) is 0.352. The Morgan fingerprint density at radius 2 is 2.33 bits per heavy atom. The number of hydrogen-bond donors (Lipinski definition) is 1. The first-order chi connectivity index (χ1) is 2.77. The van der Waals surface area contributed by atoms with Gasteiger partial charge < -0.3 is 5.11 Å². The number of carboxylic acids is 1. The van der Waals surface area contributed by atoms with Crippen LogP contribution >= 0.6 is 15.9 Å². The fraction of sp³-hybridized carbons (Fsp3) is 0. The number of rotatable bonds is 0. The molecular weight excluding hydrogens is 148 g/mol. The van der Waals surface area contributed by atoms with Crippen molar-refractivity contribution in [3.8, 4) is 10.8 Å². The molecule has 0 aliphatic rings. The van der Waals surface area contributed by atoms with E-state index in [4.69, 9.17) is 5.11 Å². The molecule has 0 spiro atoms. The molecule has 0 bridgehead atoms. The van der Waals surface area contributed by atoms with Crippen LogP contribution in [0.2, 0.25) is 0 Å². The standard InChI is InChI=1S/C3HBrO2/c4-2-1-3(5)6/h(H,5,6). The second-order valence-corrected chi connectivity index (χ2v) is 0.921. The maximum absolute atomic E-state index is 9.40. The molecule has 32 valence electrons. The van der Waals surface area contributed by atoms with Crippen molar-refractivity contribution < 1.29 is 9.90 Å². The minimum Gasteiger partial charge on any atom is -0.472 e. The van der Waals surface area contributed by atoms with E-state index in [-0.39, 0.29) is 0 Å². The fourth-order valence-electron chi connectivity index (χ4n) is 0.0404. The fourth-order valence-corrected chi connectivity index (χ4v) is 0.210. The predicted octanol–water partition coefficient (Wildman–Crippen LogP) is 0.427. The highest BCUT2D eigenvalue weighted by atomic mass is 79.9. The molecule has 2 nitrogen and oxygen atoms in total. The molecule has 0 amide bonds. The number of halogens is 1. The lowest BCUT2D eigenvalue weighted by atomic mass is 10.7. The van der Waals surface area contributed by atoms with Gasteiger partial charge in [-0.05, 0) is 4.83 Å². The molecule has 0 aromatic heterocycles. The van der Waals surface area contributed by atoms with Crippen LogP contribution in [0, 0.1) is 10.8 Å². The second kappa shape index (κ2) is 2.73. The van der Waals surface area contributed by atoms with Crippen LogP contribution in [-0.2, 0) is 4.79 Å². The number of aliphatic carboxylic acids is 1. The van der Waals surface area contributed by atoms with Crippen LogP contribution in [0.1, 0.15) is 0 Å². The highest BCUT2D eigenvalue weighted by molar-refractivity contribution is 9.12. The summed E-state index contributed by atoms with van der Waals surface area (Å²) in [5.41, 5.74) is 0. The van der Waals surface area contributed by atoms with Crippen molar-refractivity contribution in [1.29, 1.82) is 0 Å². The molecule has 0 atom stereocenters. The molecule has 0 aliphatic heterocycles. The van der Waals surface area contributed by atoms with Crippen molar-refractivity contribution in [3.63, 3.8) is 0 Å². The van der Waals surface area contributed by atoms with E-state index in [1.807, 2.05) is 4.83 Å².